The molecule has 0 aromatic heterocycles. The van der Waals surface area contributed by atoms with Crippen LogP contribution in [0.4, 0.5) is 0 Å². The van der Waals surface area contributed by atoms with Crippen LogP contribution in [0.5, 0.6) is 5.75 Å². The lowest BCUT2D eigenvalue weighted by Crippen LogP contribution is -2.26. The second-order valence-electron chi connectivity index (χ2n) is 4.26. The van der Waals surface area contributed by atoms with Gasteiger partial charge in [-0.3, -0.25) is 4.79 Å². The molecule has 1 aliphatic carbocycles. The van der Waals surface area contributed by atoms with Gasteiger partial charge in [0.2, 0.25) is 0 Å². The van der Waals surface area contributed by atoms with E-state index in [1.807, 2.05) is 0 Å². The van der Waals surface area contributed by atoms with Crippen molar-refractivity contribution in [2.45, 2.75) is 25.4 Å². The van der Waals surface area contributed by atoms with Gasteiger partial charge in [-0.1, -0.05) is 11.6 Å². The van der Waals surface area contributed by atoms with Gasteiger partial charge in [-0.15, -0.1) is 0 Å². The zero-order chi connectivity index (χ0) is 12.3. The molecule has 0 radical (unpaired) electrons. The number of benzene rings is 1. The third kappa shape index (κ3) is 2.99. The molecule has 0 amide bonds. The Kier molecular flexibility index (Phi) is 4.02. The number of hydrogen-bond donors (Lipinski definition) is 1. The molecule has 0 bridgehead atoms. The van der Waals surface area contributed by atoms with Gasteiger partial charge in [0, 0.05) is 5.02 Å². The molecule has 1 N–H and O–H groups in total. The first-order valence-electron chi connectivity index (χ1n) is 5.84. The van der Waals surface area contributed by atoms with Crippen molar-refractivity contribution in [1.29, 1.82) is 0 Å². The fourth-order valence-corrected chi connectivity index (χ4v) is 1.92. The lowest BCUT2D eigenvalue weighted by atomic mass is 9.96. The van der Waals surface area contributed by atoms with Crippen molar-refractivity contribution in [1.82, 2.24) is 5.32 Å². The maximum Gasteiger partial charge on any atom is 0.180 e. The van der Waals surface area contributed by atoms with Crippen molar-refractivity contribution in [2.24, 2.45) is 0 Å². The second-order valence-corrected chi connectivity index (χ2v) is 4.70. The van der Waals surface area contributed by atoms with Crippen LogP contribution < -0.4 is 10.1 Å². The lowest BCUT2D eigenvalue weighted by molar-refractivity contribution is 0.0965. The molecular weight excluding hydrogens is 238 g/mol. The van der Waals surface area contributed by atoms with Crippen molar-refractivity contribution in [3.05, 3.63) is 28.8 Å². The monoisotopic (exact) mass is 253 g/mol. The molecule has 1 saturated carbocycles. The Hall–Kier alpha value is -1.06. The van der Waals surface area contributed by atoms with Crippen LogP contribution in [-0.2, 0) is 0 Å². The maximum absolute atomic E-state index is 11.9. The molecule has 0 heterocycles. The van der Waals surface area contributed by atoms with Crippen molar-refractivity contribution >= 4 is 17.4 Å². The maximum atomic E-state index is 11.9. The molecule has 0 unspecified atom stereocenters. The zero-order valence-electron chi connectivity index (χ0n) is 9.83. The van der Waals surface area contributed by atoms with E-state index in [2.05, 4.69) is 5.32 Å². The molecule has 0 aliphatic heterocycles. The summed E-state index contributed by atoms with van der Waals surface area (Å²) in [6.07, 6.45) is 3.61. The van der Waals surface area contributed by atoms with Crippen molar-refractivity contribution < 1.29 is 9.53 Å². The number of ether oxygens (including phenoxy) is 1. The number of nitrogens with one attached hydrogen (secondary N) is 1. The van der Waals surface area contributed by atoms with Gasteiger partial charge in [0.1, 0.15) is 5.75 Å². The summed E-state index contributed by atoms with van der Waals surface area (Å²) in [6, 6.07) is 5.21. The van der Waals surface area contributed by atoms with Crippen molar-refractivity contribution in [3.63, 3.8) is 0 Å². The predicted octanol–water partition coefficient (Wildman–Crippen LogP) is 2.67. The molecule has 1 aromatic rings. The van der Waals surface area contributed by atoms with Crippen LogP contribution in [0.15, 0.2) is 18.2 Å². The third-order valence-corrected chi connectivity index (χ3v) is 3.16. The summed E-state index contributed by atoms with van der Waals surface area (Å²) >= 11 is 5.92. The van der Waals surface area contributed by atoms with Gasteiger partial charge < -0.3 is 10.1 Å². The Bertz CT molecular complexity index is 416. The number of ketones is 1. The van der Waals surface area contributed by atoms with Gasteiger partial charge in [0.25, 0.3) is 0 Å². The summed E-state index contributed by atoms with van der Waals surface area (Å²) in [5, 5.41) is 3.41. The number of Topliss-reactive ketones (excluding diaryl/α,β-unsaturated/α-hetero) is 1. The van der Waals surface area contributed by atoms with Crippen LogP contribution in [0, 0.1) is 0 Å². The minimum Gasteiger partial charge on any atom is -0.490 e. The summed E-state index contributed by atoms with van der Waals surface area (Å²) in [5.74, 6) is 0.656. The standard InChI is InChI=1S/C13H16ClNO2/c1-15-8-12(16)11-7-9(14)5-6-13(11)17-10-3-2-4-10/h5-7,10,15H,2-4,8H2,1H3. The van der Waals surface area contributed by atoms with Crippen LogP contribution in [0.3, 0.4) is 0 Å². The number of halogens is 1. The van der Waals surface area contributed by atoms with Gasteiger partial charge in [0.15, 0.2) is 5.78 Å². The summed E-state index contributed by atoms with van der Waals surface area (Å²) in [4.78, 5) is 11.9. The SMILES string of the molecule is CNCC(=O)c1cc(Cl)ccc1OC1CCC1. The van der Waals surface area contributed by atoms with Crippen LogP contribution in [0.25, 0.3) is 0 Å². The van der Waals surface area contributed by atoms with Crippen LogP contribution in [0.2, 0.25) is 5.02 Å². The molecule has 2 rings (SSSR count). The minimum atomic E-state index is 0.00400. The molecule has 1 aliphatic rings. The van der Waals surface area contributed by atoms with E-state index in [4.69, 9.17) is 16.3 Å². The highest BCUT2D eigenvalue weighted by molar-refractivity contribution is 6.31. The Morgan fingerprint density at radius 2 is 2.29 bits per heavy atom. The molecule has 4 heteroatoms. The first-order valence-corrected chi connectivity index (χ1v) is 6.22. The number of likely N-dealkylation sites (N-methyl/N-ethyl adjacent to an activating group) is 1. The number of carbonyl (C=O) groups is 1. The average molecular weight is 254 g/mol. The zero-order valence-corrected chi connectivity index (χ0v) is 10.6. The first kappa shape index (κ1) is 12.4. The number of rotatable bonds is 5. The van der Waals surface area contributed by atoms with E-state index >= 15 is 0 Å². The van der Waals surface area contributed by atoms with E-state index in [9.17, 15) is 4.79 Å². The van der Waals surface area contributed by atoms with Crippen LogP contribution in [-0.4, -0.2) is 25.5 Å². The van der Waals surface area contributed by atoms with E-state index < -0.39 is 0 Å². The lowest BCUT2D eigenvalue weighted by Gasteiger charge is -2.27. The summed E-state index contributed by atoms with van der Waals surface area (Å²) in [5.41, 5.74) is 0.568. The quantitative estimate of drug-likeness (QED) is 0.820. The molecule has 0 saturated heterocycles. The van der Waals surface area contributed by atoms with Gasteiger partial charge in [0.05, 0.1) is 18.2 Å². The molecule has 0 spiro atoms. The van der Waals surface area contributed by atoms with Crippen molar-refractivity contribution in [3.8, 4) is 5.75 Å². The summed E-state index contributed by atoms with van der Waals surface area (Å²) in [7, 11) is 1.74. The number of hydrogen-bond acceptors (Lipinski definition) is 3. The minimum absolute atomic E-state index is 0.00400. The molecule has 92 valence electrons. The van der Waals surface area contributed by atoms with Gasteiger partial charge in [-0.05, 0) is 44.5 Å². The van der Waals surface area contributed by atoms with E-state index in [0.29, 0.717) is 22.9 Å². The van der Waals surface area contributed by atoms with Crippen LogP contribution >= 0.6 is 11.6 Å². The molecule has 0 atom stereocenters. The second kappa shape index (κ2) is 5.52. The number of carbonyl (C=O) groups excluding carboxylic acids is 1. The van der Waals surface area contributed by atoms with E-state index in [0.717, 1.165) is 12.8 Å². The van der Waals surface area contributed by atoms with Gasteiger partial charge in [-0.25, -0.2) is 0 Å². The molecule has 17 heavy (non-hydrogen) atoms. The largest absolute Gasteiger partial charge is 0.490 e. The Morgan fingerprint density at radius 3 is 2.88 bits per heavy atom. The highest BCUT2D eigenvalue weighted by Gasteiger charge is 2.22. The van der Waals surface area contributed by atoms with E-state index in [1.165, 1.54) is 6.42 Å². The third-order valence-electron chi connectivity index (χ3n) is 2.93. The smallest absolute Gasteiger partial charge is 0.180 e. The Balaban J connectivity index is 2.19. The predicted molar refractivity (Wildman–Crippen MR) is 68.0 cm³/mol. The highest BCUT2D eigenvalue weighted by Crippen LogP contribution is 2.29. The molecule has 3 nitrogen and oxygen atoms in total. The van der Waals surface area contributed by atoms with E-state index in [-0.39, 0.29) is 11.9 Å². The van der Waals surface area contributed by atoms with Crippen LogP contribution in [0.1, 0.15) is 29.6 Å². The summed E-state index contributed by atoms with van der Waals surface area (Å²) < 4.78 is 5.80. The molecule has 1 aromatic carbocycles. The summed E-state index contributed by atoms with van der Waals surface area (Å²) in [6.45, 7) is 0.293. The van der Waals surface area contributed by atoms with E-state index in [1.54, 1.807) is 25.2 Å². The van der Waals surface area contributed by atoms with Gasteiger partial charge in [-0.2, -0.15) is 0 Å². The molecular formula is C13H16ClNO2. The normalized spacial score (nSPS) is 15.4. The van der Waals surface area contributed by atoms with Gasteiger partial charge >= 0.3 is 0 Å². The first-order chi connectivity index (χ1) is 8.20. The van der Waals surface area contributed by atoms with Crippen molar-refractivity contribution in [2.75, 3.05) is 13.6 Å². The fraction of sp³-hybridized carbons (Fsp3) is 0.462. The highest BCUT2D eigenvalue weighted by atomic mass is 35.5. The topological polar surface area (TPSA) is 38.3 Å². The average Bonchev–Trinajstić information content (AvgIpc) is 2.25. The molecule has 1 fully saturated rings. The Labute approximate surface area is 106 Å². The fourth-order valence-electron chi connectivity index (χ4n) is 1.75. The Morgan fingerprint density at radius 1 is 1.53 bits per heavy atom.